The van der Waals surface area contributed by atoms with Crippen molar-refractivity contribution in [1.82, 2.24) is 4.90 Å². The molecule has 0 aliphatic heterocycles. The van der Waals surface area contributed by atoms with Crippen molar-refractivity contribution in [1.29, 1.82) is 0 Å². The predicted octanol–water partition coefficient (Wildman–Crippen LogP) is 1.70. The Kier molecular flexibility index (Phi) is 5.37. The minimum Gasteiger partial charge on any atom is -0.497 e. The topological polar surface area (TPSA) is 76.1 Å². The zero-order chi connectivity index (χ0) is 15.3. The van der Waals surface area contributed by atoms with E-state index in [0.717, 1.165) is 0 Å². The number of likely N-dealkylation sites (N-methyl/N-ethyl adjacent to an activating group) is 1. The molecule has 6 heteroatoms. The monoisotopic (exact) mass is 281 g/mol. The molecule has 0 bridgehead atoms. The summed E-state index contributed by atoms with van der Waals surface area (Å²) in [6.45, 7) is 3.37. The third kappa shape index (κ3) is 3.40. The van der Waals surface area contributed by atoms with Crippen LogP contribution in [0.15, 0.2) is 18.2 Å². The predicted molar refractivity (Wildman–Crippen MR) is 73.0 cm³/mol. The van der Waals surface area contributed by atoms with Crippen LogP contribution in [-0.4, -0.2) is 42.6 Å². The lowest BCUT2D eigenvalue weighted by atomic mass is 10.0. The largest absolute Gasteiger partial charge is 0.497 e. The van der Waals surface area contributed by atoms with Crippen LogP contribution in [0.5, 0.6) is 11.5 Å². The lowest BCUT2D eigenvalue weighted by Crippen LogP contribution is -2.37. The summed E-state index contributed by atoms with van der Waals surface area (Å²) in [5.41, 5.74) is 0.436. The Morgan fingerprint density at radius 2 is 1.70 bits per heavy atom. The second-order valence-electron chi connectivity index (χ2n) is 4.19. The van der Waals surface area contributed by atoms with Gasteiger partial charge in [0, 0.05) is 19.5 Å². The molecular weight excluding hydrogens is 262 g/mol. The van der Waals surface area contributed by atoms with Crippen LogP contribution in [0.1, 0.15) is 25.5 Å². The maximum Gasteiger partial charge on any atom is 0.331 e. The van der Waals surface area contributed by atoms with Crippen LogP contribution < -0.4 is 9.47 Å². The number of benzene rings is 1. The molecule has 1 unspecified atom stereocenters. The van der Waals surface area contributed by atoms with Crippen LogP contribution in [-0.2, 0) is 9.59 Å². The summed E-state index contributed by atoms with van der Waals surface area (Å²) in [6, 6.07) is 3.76. The molecule has 0 saturated carbocycles. The fourth-order valence-electron chi connectivity index (χ4n) is 2.03. The van der Waals surface area contributed by atoms with Gasteiger partial charge in [-0.3, -0.25) is 4.79 Å². The Labute approximate surface area is 117 Å². The van der Waals surface area contributed by atoms with Gasteiger partial charge in [0.05, 0.1) is 14.2 Å². The lowest BCUT2D eigenvalue weighted by molar-refractivity contribution is -0.149. The molecule has 0 saturated heterocycles. The molecule has 0 spiro atoms. The fourth-order valence-corrected chi connectivity index (χ4v) is 2.03. The molecule has 0 heterocycles. The molecule has 0 radical (unpaired) electrons. The minimum absolute atomic E-state index is 0.297. The molecule has 0 fully saturated rings. The Balaban J connectivity index is 3.34. The summed E-state index contributed by atoms with van der Waals surface area (Å²) in [5.74, 6) is -0.450. The SMILES string of the molecule is CCN(C(C)=O)C(C(=O)O)c1cc(OC)cc(OC)c1. The molecule has 1 N–H and O–H groups in total. The zero-order valence-corrected chi connectivity index (χ0v) is 12.0. The summed E-state index contributed by atoms with van der Waals surface area (Å²) in [5, 5.41) is 9.43. The molecule has 1 atom stereocenters. The number of nitrogens with zero attached hydrogens (tertiary/aromatic N) is 1. The Bertz CT molecular complexity index is 478. The first kappa shape index (κ1) is 15.8. The lowest BCUT2D eigenvalue weighted by Gasteiger charge is -2.27. The van der Waals surface area contributed by atoms with Gasteiger partial charge >= 0.3 is 5.97 Å². The third-order valence-corrected chi connectivity index (χ3v) is 2.98. The number of amides is 1. The van der Waals surface area contributed by atoms with E-state index in [1.54, 1.807) is 25.1 Å². The zero-order valence-electron chi connectivity index (χ0n) is 12.0. The van der Waals surface area contributed by atoms with Crippen molar-refractivity contribution in [2.45, 2.75) is 19.9 Å². The molecule has 20 heavy (non-hydrogen) atoms. The average Bonchev–Trinajstić information content (AvgIpc) is 2.42. The maximum atomic E-state index is 11.6. The van der Waals surface area contributed by atoms with Crippen molar-refractivity contribution in [2.75, 3.05) is 20.8 Å². The normalized spacial score (nSPS) is 11.6. The number of carboxylic acids is 1. The van der Waals surface area contributed by atoms with E-state index in [0.29, 0.717) is 23.6 Å². The number of carboxylic acid groups (broad SMARTS) is 1. The maximum absolute atomic E-state index is 11.6. The van der Waals surface area contributed by atoms with E-state index in [1.807, 2.05) is 0 Å². The highest BCUT2D eigenvalue weighted by molar-refractivity contribution is 5.83. The molecule has 1 aromatic carbocycles. The van der Waals surface area contributed by atoms with Gasteiger partial charge < -0.3 is 19.5 Å². The first-order valence-corrected chi connectivity index (χ1v) is 6.17. The number of ether oxygens (including phenoxy) is 2. The highest BCUT2D eigenvalue weighted by Gasteiger charge is 2.29. The van der Waals surface area contributed by atoms with Gasteiger partial charge in [-0.1, -0.05) is 0 Å². The molecule has 0 aliphatic carbocycles. The van der Waals surface area contributed by atoms with Crippen molar-refractivity contribution in [3.63, 3.8) is 0 Å². The van der Waals surface area contributed by atoms with Gasteiger partial charge in [0.15, 0.2) is 6.04 Å². The van der Waals surface area contributed by atoms with Gasteiger partial charge in [0.25, 0.3) is 0 Å². The van der Waals surface area contributed by atoms with Gasteiger partial charge in [0.2, 0.25) is 5.91 Å². The van der Waals surface area contributed by atoms with E-state index < -0.39 is 12.0 Å². The van der Waals surface area contributed by atoms with Crippen LogP contribution in [0.25, 0.3) is 0 Å². The summed E-state index contributed by atoms with van der Waals surface area (Å²) in [6.07, 6.45) is 0. The fraction of sp³-hybridized carbons (Fsp3) is 0.429. The molecule has 6 nitrogen and oxygen atoms in total. The molecule has 110 valence electrons. The second kappa shape index (κ2) is 6.79. The summed E-state index contributed by atoms with van der Waals surface area (Å²) >= 11 is 0. The van der Waals surface area contributed by atoms with Gasteiger partial charge in [-0.2, -0.15) is 0 Å². The molecule has 1 amide bonds. The second-order valence-corrected chi connectivity index (χ2v) is 4.19. The van der Waals surface area contributed by atoms with Gasteiger partial charge in [-0.05, 0) is 24.6 Å². The van der Waals surface area contributed by atoms with Crippen LogP contribution in [0.4, 0.5) is 0 Å². The van der Waals surface area contributed by atoms with E-state index in [4.69, 9.17) is 9.47 Å². The van der Waals surface area contributed by atoms with Crippen molar-refractivity contribution >= 4 is 11.9 Å². The summed E-state index contributed by atoms with van der Waals surface area (Å²) < 4.78 is 10.2. The number of carbonyl (C=O) groups is 2. The number of aliphatic carboxylic acids is 1. The van der Waals surface area contributed by atoms with E-state index >= 15 is 0 Å². The molecule has 0 aromatic heterocycles. The van der Waals surface area contributed by atoms with Crippen molar-refractivity contribution in [2.24, 2.45) is 0 Å². The smallest absolute Gasteiger partial charge is 0.331 e. The van der Waals surface area contributed by atoms with Crippen molar-refractivity contribution < 1.29 is 24.2 Å². The first-order valence-electron chi connectivity index (χ1n) is 6.17. The van der Waals surface area contributed by atoms with Crippen LogP contribution in [0, 0.1) is 0 Å². The Morgan fingerprint density at radius 1 is 1.20 bits per heavy atom. The molecule has 1 aromatic rings. The highest BCUT2D eigenvalue weighted by Crippen LogP contribution is 2.29. The number of hydrogen-bond acceptors (Lipinski definition) is 4. The van der Waals surface area contributed by atoms with Gasteiger partial charge in [0.1, 0.15) is 11.5 Å². The average molecular weight is 281 g/mol. The highest BCUT2D eigenvalue weighted by atomic mass is 16.5. The van der Waals surface area contributed by atoms with Crippen molar-refractivity contribution in [3.05, 3.63) is 23.8 Å². The standard InChI is InChI=1S/C14H19NO5/c1-5-15(9(2)16)13(14(17)18)10-6-11(19-3)8-12(7-10)20-4/h6-8,13H,5H2,1-4H3,(H,17,18). The van der Waals surface area contributed by atoms with Crippen LogP contribution in [0.2, 0.25) is 0 Å². The van der Waals surface area contributed by atoms with Crippen LogP contribution >= 0.6 is 0 Å². The molecule has 0 aliphatic rings. The first-order chi connectivity index (χ1) is 9.44. The van der Waals surface area contributed by atoms with Crippen LogP contribution in [0.3, 0.4) is 0 Å². The Hall–Kier alpha value is -2.24. The van der Waals surface area contributed by atoms with E-state index in [9.17, 15) is 14.7 Å². The van der Waals surface area contributed by atoms with Gasteiger partial charge in [-0.15, -0.1) is 0 Å². The number of hydrogen-bond donors (Lipinski definition) is 1. The summed E-state index contributed by atoms with van der Waals surface area (Å²) in [4.78, 5) is 24.4. The third-order valence-electron chi connectivity index (χ3n) is 2.98. The van der Waals surface area contributed by atoms with E-state index in [-0.39, 0.29) is 5.91 Å². The van der Waals surface area contributed by atoms with E-state index in [1.165, 1.54) is 26.0 Å². The summed E-state index contributed by atoms with van der Waals surface area (Å²) in [7, 11) is 2.97. The minimum atomic E-state index is -1.10. The Morgan fingerprint density at radius 3 is 2.00 bits per heavy atom. The molecule has 1 rings (SSSR count). The number of methoxy groups -OCH3 is 2. The number of carbonyl (C=O) groups excluding carboxylic acids is 1. The van der Waals surface area contributed by atoms with Crippen molar-refractivity contribution in [3.8, 4) is 11.5 Å². The quantitative estimate of drug-likeness (QED) is 0.858. The number of rotatable bonds is 6. The molecular formula is C14H19NO5. The van der Waals surface area contributed by atoms with E-state index in [2.05, 4.69) is 0 Å². The van der Waals surface area contributed by atoms with Gasteiger partial charge in [-0.25, -0.2) is 4.79 Å².